The Morgan fingerprint density at radius 1 is 0.632 bits per heavy atom. The maximum atomic E-state index is 6.63. The third kappa shape index (κ3) is 2.22. The largest absolute Gasteiger partial charge is 0.168 e. The molecule has 0 saturated heterocycles. The summed E-state index contributed by atoms with van der Waals surface area (Å²) in [5, 5.41) is 2.22. The molecular formula is C17H12Cl2. The molecule has 0 radical (unpaired) electrons. The molecule has 0 amide bonds. The molecule has 0 N–H and O–H groups in total. The van der Waals surface area contributed by atoms with Crippen LogP contribution in [0.25, 0.3) is 10.8 Å². The van der Waals surface area contributed by atoms with E-state index in [1.807, 2.05) is 60.7 Å². The number of fused-ring (bicyclic) bond motifs is 1. The topological polar surface area (TPSA) is 0 Å². The molecule has 0 atom stereocenters. The molecule has 0 saturated carbocycles. The van der Waals surface area contributed by atoms with E-state index in [0.29, 0.717) is 0 Å². The predicted molar refractivity (Wildman–Crippen MR) is 82.9 cm³/mol. The first kappa shape index (κ1) is 12.5. The number of benzene rings is 3. The Kier molecular flexibility index (Phi) is 3.22. The fourth-order valence-electron chi connectivity index (χ4n) is 2.30. The molecule has 0 bridgehead atoms. The quantitative estimate of drug-likeness (QED) is 0.544. The van der Waals surface area contributed by atoms with E-state index >= 15 is 0 Å². The second-order valence-electron chi connectivity index (χ2n) is 4.47. The molecule has 0 unspecified atom stereocenters. The SMILES string of the molecule is ClC(Cl)(c1ccccc1)c1cccc2ccccc12. The van der Waals surface area contributed by atoms with Gasteiger partial charge < -0.3 is 0 Å². The molecule has 0 aromatic heterocycles. The molecule has 0 fully saturated rings. The molecule has 94 valence electrons. The Bertz CT molecular complexity index is 697. The highest BCUT2D eigenvalue weighted by Crippen LogP contribution is 2.43. The van der Waals surface area contributed by atoms with Crippen LogP contribution in [0.1, 0.15) is 11.1 Å². The van der Waals surface area contributed by atoms with E-state index in [4.69, 9.17) is 23.2 Å². The van der Waals surface area contributed by atoms with Crippen molar-refractivity contribution in [2.75, 3.05) is 0 Å². The number of hydrogen-bond acceptors (Lipinski definition) is 0. The molecule has 2 heteroatoms. The number of alkyl halides is 2. The van der Waals surface area contributed by atoms with E-state index in [-0.39, 0.29) is 0 Å². The third-order valence-corrected chi connectivity index (χ3v) is 4.11. The Balaban J connectivity index is 2.24. The van der Waals surface area contributed by atoms with Gasteiger partial charge in [-0.1, -0.05) is 96.0 Å². The van der Waals surface area contributed by atoms with Crippen molar-refractivity contribution in [3.8, 4) is 0 Å². The van der Waals surface area contributed by atoms with E-state index in [1.165, 1.54) is 0 Å². The van der Waals surface area contributed by atoms with E-state index in [2.05, 4.69) is 12.1 Å². The molecule has 0 aliphatic heterocycles. The highest BCUT2D eigenvalue weighted by molar-refractivity contribution is 6.50. The first-order valence-electron chi connectivity index (χ1n) is 6.11. The van der Waals surface area contributed by atoms with Crippen LogP contribution in [0.4, 0.5) is 0 Å². The molecule has 3 aromatic rings. The second-order valence-corrected chi connectivity index (χ2v) is 5.79. The van der Waals surface area contributed by atoms with Crippen LogP contribution in [0.15, 0.2) is 72.8 Å². The van der Waals surface area contributed by atoms with Crippen molar-refractivity contribution in [1.82, 2.24) is 0 Å². The van der Waals surface area contributed by atoms with Gasteiger partial charge in [-0.05, 0) is 16.3 Å². The van der Waals surface area contributed by atoms with Crippen LogP contribution in [0.5, 0.6) is 0 Å². The lowest BCUT2D eigenvalue weighted by molar-refractivity contribution is 1.05. The number of rotatable bonds is 2. The van der Waals surface area contributed by atoms with Crippen LogP contribution >= 0.6 is 23.2 Å². The van der Waals surface area contributed by atoms with E-state index < -0.39 is 4.33 Å². The van der Waals surface area contributed by atoms with Crippen LogP contribution in [-0.4, -0.2) is 0 Å². The lowest BCUT2D eigenvalue weighted by Gasteiger charge is -2.22. The van der Waals surface area contributed by atoms with Crippen LogP contribution < -0.4 is 0 Å². The Labute approximate surface area is 122 Å². The average molecular weight is 287 g/mol. The summed E-state index contributed by atoms with van der Waals surface area (Å²) in [6, 6.07) is 23.9. The molecule has 19 heavy (non-hydrogen) atoms. The summed E-state index contributed by atoms with van der Waals surface area (Å²) in [6.45, 7) is 0. The van der Waals surface area contributed by atoms with Gasteiger partial charge in [0.25, 0.3) is 0 Å². The standard InChI is InChI=1S/C17H12Cl2/c18-17(19,14-9-2-1-3-10-14)16-12-6-8-13-7-4-5-11-15(13)16/h1-12H. The molecule has 3 aromatic carbocycles. The summed E-state index contributed by atoms with van der Waals surface area (Å²) in [4.78, 5) is 0. The van der Waals surface area contributed by atoms with Gasteiger partial charge in [0.15, 0.2) is 4.33 Å². The third-order valence-electron chi connectivity index (χ3n) is 3.26. The normalized spacial score (nSPS) is 11.7. The molecule has 3 rings (SSSR count). The van der Waals surface area contributed by atoms with Gasteiger partial charge in [-0.15, -0.1) is 0 Å². The predicted octanol–water partition coefficient (Wildman–Crippen LogP) is 5.52. The summed E-state index contributed by atoms with van der Waals surface area (Å²) < 4.78 is -1.04. The van der Waals surface area contributed by atoms with E-state index in [0.717, 1.165) is 21.9 Å². The maximum absolute atomic E-state index is 6.63. The molecule has 0 heterocycles. The second kappa shape index (κ2) is 4.88. The smallest absolute Gasteiger partial charge is 0.0909 e. The molecule has 0 aliphatic carbocycles. The maximum Gasteiger partial charge on any atom is 0.168 e. The van der Waals surface area contributed by atoms with Gasteiger partial charge in [-0.3, -0.25) is 0 Å². The van der Waals surface area contributed by atoms with E-state index in [9.17, 15) is 0 Å². The van der Waals surface area contributed by atoms with Crippen molar-refractivity contribution in [3.63, 3.8) is 0 Å². The van der Waals surface area contributed by atoms with Gasteiger partial charge in [-0.2, -0.15) is 0 Å². The minimum Gasteiger partial charge on any atom is -0.0909 e. The Hall–Kier alpha value is -1.50. The van der Waals surface area contributed by atoms with Gasteiger partial charge in [-0.25, -0.2) is 0 Å². The molecule has 0 nitrogen and oxygen atoms in total. The van der Waals surface area contributed by atoms with Crippen LogP contribution in [-0.2, 0) is 4.33 Å². The van der Waals surface area contributed by atoms with Gasteiger partial charge >= 0.3 is 0 Å². The van der Waals surface area contributed by atoms with Gasteiger partial charge in [0.2, 0.25) is 0 Å². The van der Waals surface area contributed by atoms with E-state index in [1.54, 1.807) is 0 Å². The highest BCUT2D eigenvalue weighted by Gasteiger charge is 2.30. The van der Waals surface area contributed by atoms with Crippen molar-refractivity contribution in [2.24, 2.45) is 0 Å². The van der Waals surface area contributed by atoms with Crippen molar-refractivity contribution in [1.29, 1.82) is 0 Å². The fourth-order valence-corrected chi connectivity index (χ4v) is 2.88. The van der Waals surface area contributed by atoms with Gasteiger partial charge in [0, 0.05) is 5.56 Å². The highest BCUT2D eigenvalue weighted by atomic mass is 35.5. The fraction of sp³-hybridized carbons (Fsp3) is 0.0588. The average Bonchev–Trinajstić information content (AvgIpc) is 2.47. The first-order chi connectivity index (χ1) is 9.19. The number of hydrogen-bond donors (Lipinski definition) is 0. The van der Waals surface area contributed by atoms with Crippen molar-refractivity contribution in [2.45, 2.75) is 4.33 Å². The van der Waals surface area contributed by atoms with Crippen LogP contribution in [0, 0.1) is 0 Å². The summed E-state index contributed by atoms with van der Waals surface area (Å²) in [5.41, 5.74) is 1.80. The number of halogens is 2. The minimum atomic E-state index is -1.04. The Morgan fingerprint density at radius 2 is 1.26 bits per heavy atom. The van der Waals surface area contributed by atoms with Gasteiger partial charge in [0.1, 0.15) is 0 Å². The summed E-state index contributed by atoms with van der Waals surface area (Å²) in [6.07, 6.45) is 0. The zero-order valence-electron chi connectivity index (χ0n) is 10.2. The zero-order valence-corrected chi connectivity index (χ0v) is 11.7. The lowest BCUT2D eigenvalue weighted by atomic mass is 9.97. The van der Waals surface area contributed by atoms with Crippen molar-refractivity contribution < 1.29 is 0 Å². The monoisotopic (exact) mass is 286 g/mol. The molecule has 0 aliphatic rings. The van der Waals surface area contributed by atoms with Crippen LogP contribution in [0.3, 0.4) is 0 Å². The van der Waals surface area contributed by atoms with Crippen molar-refractivity contribution >= 4 is 34.0 Å². The summed E-state index contributed by atoms with van der Waals surface area (Å²) in [5.74, 6) is 0. The van der Waals surface area contributed by atoms with Crippen LogP contribution in [0.2, 0.25) is 0 Å². The zero-order chi connectivity index (χ0) is 13.3. The van der Waals surface area contributed by atoms with Crippen molar-refractivity contribution in [3.05, 3.63) is 83.9 Å². The Morgan fingerprint density at radius 3 is 2.05 bits per heavy atom. The molecule has 0 spiro atoms. The minimum absolute atomic E-state index is 0.884. The summed E-state index contributed by atoms with van der Waals surface area (Å²) >= 11 is 13.3. The lowest BCUT2D eigenvalue weighted by Crippen LogP contribution is -2.12. The summed E-state index contributed by atoms with van der Waals surface area (Å²) in [7, 11) is 0. The van der Waals surface area contributed by atoms with Gasteiger partial charge in [0.05, 0.1) is 0 Å². The first-order valence-corrected chi connectivity index (χ1v) is 6.87. The molecular weight excluding hydrogens is 275 g/mol.